The Bertz CT molecular complexity index is 726. The lowest BCUT2D eigenvalue weighted by molar-refractivity contribution is -0.384. The molecule has 2 aromatic rings. The number of methoxy groups -OCH3 is 1. The van der Waals surface area contributed by atoms with Gasteiger partial charge in [-0.25, -0.2) is 0 Å². The Kier molecular flexibility index (Phi) is 5.89. The lowest BCUT2D eigenvalue weighted by atomic mass is 10.1. The van der Waals surface area contributed by atoms with Gasteiger partial charge in [0.05, 0.1) is 17.7 Å². The van der Waals surface area contributed by atoms with Gasteiger partial charge in [0.15, 0.2) is 0 Å². The second-order valence-corrected chi connectivity index (χ2v) is 5.53. The molecular formula is C18H20N2O4. The maximum atomic E-state index is 12.1. The number of non-ortho nitro benzene ring substituents is 1. The van der Waals surface area contributed by atoms with Gasteiger partial charge >= 0.3 is 0 Å². The third-order valence-electron chi connectivity index (χ3n) is 3.66. The molecule has 0 radical (unpaired) electrons. The molecule has 0 aliphatic rings. The van der Waals surface area contributed by atoms with Crippen LogP contribution in [0.3, 0.4) is 0 Å². The van der Waals surface area contributed by atoms with E-state index in [9.17, 15) is 14.9 Å². The predicted molar refractivity (Wildman–Crippen MR) is 92.4 cm³/mol. The van der Waals surface area contributed by atoms with Gasteiger partial charge in [-0.3, -0.25) is 14.9 Å². The smallest absolute Gasteiger partial charge is 0.271 e. The number of nitrogens with one attached hydrogen (secondary N) is 1. The molecule has 0 fully saturated rings. The number of nitro groups is 1. The van der Waals surface area contributed by atoms with Crippen molar-refractivity contribution >= 4 is 17.3 Å². The quantitative estimate of drug-likeness (QED) is 0.618. The number of carbonyl (C=O) groups is 1. The summed E-state index contributed by atoms with van der Waals surface area (Å²) in [6.07, 6.45) is 1.84. The molecule has 0 bridgehead atoms. The molecule has 0 saturated heterocycles. The number of hydrogen-bond acceptors (Lipinski definition) is 4. The minimum absolute atomic E-state index is 0.0919. The predicted octanol–water partition coefficient (Wildman–Crippen LogP) is 3.87. The van der Waals surface area contributed by atoms with Gasteiger partial charge in [-0.05, 0) is 31.4 Å². The first-order valence-electron chi connectivity index (χ1n) is 7.67. The number of amides is 1. The van der Waals surface area contributed by atoms with Crippen LogP contribution in [0.5, 0.6) is 5.75 Å². The van der Waals surface area contributed by atoms with Gasteiger partial charge < -0.3 is 10.1 Å². The lowest BCUT2D eigenvalue weighted by Crippen LogP contribution is -2.12. The minimum atomic E-state index is -0.507. The third kappa shape index (κ3) is 4.81. The molecule has 0 heterocycles. The monoisotopic (exact) mass is 328 g/mol. The van der Waals surface area contributed by atoms with E-state index in [4.69, 9.17) is 4.74 Å². The van der Waals surface area contributed by atoms with Crippen molar-refractivity contribution in [2.24, 2.45) is 0 Å². The van der Waals surface area contributed by atoms with Gasteiger partial charge in [-0.2, -0.15) is 0 Å². The number of nitro benzene ring substituents is 1. The summed E-state index contributed by atoms with van der Waals surface area (Å²) in [6.45, 7) is 2.03. The fourth-order valence-corrected chi connectivity index (χ4v) is 2.33. The number of benzene rings is 2. The largest absolute Gasteiger partial charge is 0.495 e. The van der Waals surface area contributed by atoms with Crippen molar-refractivity contribution in [2.45, 2.75) is 26.2 Å². The summed E-state index contributed by atoms with van der Waals surface area (Å²) < 4.78 is 5.13. The van der Waals surface area contributed by atoms with Crippen molar-refractivity contribution in [3.63, 3.8) is 0 Å². The first-order chi connectivity index (χ1) is 11.5. The van der Waals surface area contributed by atoms with Crippen molar-refractivity contribution in [3.05, 3.63) is 63.7 Å². The van der Waals surface area contributed by atoms with Crippen LogP contribution in [0.1, 0.15) is 24.0 Å². The molecule has 6 nitrogen and oxygen atoms in total. The van der Waals surface area contributed by atoms with Crippen LogP contribution < -0.4 is 10.1 Å². The highest BCUT2D eigenvalue weighted by Crippen LogP contribution is 2.29. The Balaban J connectivity index is 1.93. The average Bonchev–Trinajstić information content (AvgIpc) is 2.56. The van der Waals surface area contributed by atoms with Crippen molar-refractivity contribution < 1.29 is 14.5 Å². The lowest BCUT2D eigenvalue weighted by Gasteiger charge is -2.10. The summed E-state index contributed by atoms with van der Waals surface area (Å²) in [5.74, 6) is 0.202. The van der Waals surface area contributed by atoms with Gasteiger partial charge in [0.1, 0.15) is 5.75 Å². The molecule has 2 aromatic carbocycles. The molecule has 1 amide bonds. The molecule has 0 saturated carbocycles. The Labute approximate surface area is 140 Å². The van der Waals surface area contributed by atoms with Crippen LogP contribution >= 0.6 is 0 Å². The fraction of sp³-hybridized carbons (Fsp3) is 0.278. The van der Waals surface area contributed by atoms with E-state index in [0.29, 0.717) is 24.3 Å². The molecular weight excluding hydrogens is 308 g/mol. The maximum absolute atomic E-state index is 12.1. The van der Waals surface area contributed by atoms with Gasteiger partial charge in [0.25, 0.3) is 5.69 Å². The van der Waals surface area contributed by atoms with Crippen LogP contribution in [-0.2, 0) is 11.2 Å². The van der Waals surface area contributed by atoms with Crippen LogP contribution in [0.15, 0.2) is 42.5 Å². The van der Waals surface area contributed by atoms with Gasteiger partial charge in [0, 0.05) is 18.6 Å². The molecule has 0 atom stereocenters. The number of hydrogen-bond donors (Lipinski definition) is 1. The summed E-state index contributed by atoms with van der Waals surface area (Å²) in [4.78, 5) is 22.4. The van der Waals surface area contributed by atoms with E-state index in [1.165, 1.54) is 36.4 Å². The SMILES string of the molecule is COc1ccc([N+](=O)[O-])cc1NC(=O)CCCc1ccc(C)cc1. The van der Waals surface area contributed by atoms with Crippen LogP contribution in [-0.4, -0.2) is 17.9 Å². The van der Waals surface area contributed by atoms with Crippen molar-refractivity contribution in [3.8, 4) is 5.75 Å². The Morgan fingerprint density at radius 3 is 2.54 bits per heavy atom. The van der Waals surface area contributed by atoms with E-state index in [-0.39, 0.29) is 11.6 Å². The minimum Gasteiger partial charge on any atom is -0.495 e. The van der Waals surface area contributed by atoms with Crippen LogP contribution in [0.25, 0.3) is 0 Å². The van der Waals surface area contributed by atoms with E-state index in [2.05, 4.69) is 17.4 Å². The molecule has 0 unspecified atom stereocenters. The molecule has 2 rings (SSSR count). The maximum Gasteiger partial charge on any atom is 0.271 e. The highest BCUT2D eigenvalue weighted by molar-refractivity contribution is 5.92. The number of rotatable bonds is 7. The van der Waals surface area contributed by atoms with Crippen LogP contribution in [0.2, 0.25) is 0 Å². The molecule has 6 heteroatoms. The van der Waals surface area contributed by atoms with Crippen LogP contribution in [0, 0.1) is 17.0 Å². The van der Waals surface area contributed by atoms with E-state index in [1.807, 2.05) is 19.1 Å². The third-order valence-corrected chi connectivity index (χ3v) is 3.66. The number of carbonyl (C=O) groups excluding carboxylic acids is 1. The summed E-state index contributed by atoms with van der Waals surface area (Å²) in [5, 5.41) is 13.5. The summed E-state index contributed by atoms with van der Waals surface area (Å²) in [5.41, 5.74) is 2.60. The average molecular weight is 328 g/mol. The Morgan fingerprint density at radius 1 is 1.21 bits per heavy atom. The topological polar surface area (TPSA) is 81.5 Å². The standard InChI is InChI=1S/C18H20N2O4/c1-13-6-8-14(9-7-13)4-3-5-18(21)19-16-12-15(20(22)23)10-11-17(16)24-2/h6-12H,3-5H2,1-2H3,(H,19,21). The normalized spacial score (nSPS) is 10.2. The first-order valence-corrected chi connectivity index (χ1v) is 7.67. The zero-order valence-corrected chi connectivity index (χ0v) is 13.7. The van der Waals surface area contributed by atoms with E-state index < -0.39 is 4.92 Å². The van der Waals surface area contributed by atoms with E-state index in [0.717, 1.165) is 6.42 Å². The second-order valence-electron chi connectivity index (χ2n) is 5.53. The Morgan fingerprint density at radius 2 is 1.92 bits per heavy atom. The number of aryl methyl sites for hydroxylation is 2. The number of nitrogens with zero attached hydrogens (tertiary/aromatic N) is 1. The highest BCUT2D eigenvalue weighted by atomic mass is 16.6. The zero-order chi connectivity index (χ0) is 17.5. The molecule has 0 aliphatic heterocycles. The molecule has 24 heavy (non-hydrogen) atoms. The molecule has 0 spiro atoms. The summed E-state index contributed by atoms with van der Waals surface area (Å²) in [7, 11) is 1.45. The summed E-state index contributed by atoms with van der Waals surface area (Å²) >= 11 is 0. The summed E-state index contributed by atoms with van der Waals surface area (Å²) in [6, 6.07) is 12.3. The molecule has 0 aliphatic carbocycles. The highest BCUT2D eigenvalue weighted by Gasteiger charge is 2.13. The van der Waals surface area contributed by atoms with Crippen molar-refractivity contribution in [1.82, 2.24) is 0 Å². The van der Waals surface area contributed by atoms with E-state index in [1.54, 1.807) is 0 Å². The first kappa shape index (κ1) is 17.5. The zero-order valence-electron chi connectivity index (χ0n) is 13.7. The van der Waals surface area contributed by atoms with Gasteiger partial charge in [-0.15, -0.1) is 0 Å². The fourth-order valence-electron chi connectivity index (χ4n) is 2.33. The number of anilines is 1. The number of ether oxygens (including phenoxy) is 1. The molecule has 126 valence electrons. The van der Waals surface area contributed by atoms with Crippen LogP contribution in [0.4, 0.5) is 11.4 Å². The molecule has 0 aromatic heterocycles. The van der Waals surface area contributed by atoms with E-state index >= 15 is 0 Å². The molecule has 1 N–H and O–H groups in total. The van der Waals surface area contributed by atoms with Gasteiger partial charge in [-0.1, -0.05) is 29.8 Å². The Hall–Kier alpha value is -2.89. The van der Waals surface area contributed by atoms with Crippen molar-refractivity contribution in [2.75, 3.05) is 12.4 Å². The second kappa shape index (κ2) is 8.10. The van der Waals surface area contributed by atoms with Gasteiger partial charge in [0.2, 0.25) is 5.91 Å². The van der Waals surface area contributed by atoms with Crippen molar-refractivity contribution in [1.29, 1.82) is 0 Å².